The molecule has 0 aliphatic heterocycles. The van der Waals surface area contributed by atoms with E-state index in [1.165, 1.54) is 30.5 Å². The molecule has 0 saturated carbocycles. The van der Waals surface area contributed by atoms with Gasteiger partial charge < -0.3 is 10.2 Å². The quantitative estimate of drug-likeness (QED) is 0.0612. The lowest BCUT2D eigenvalue weighted by molar-refractivity contribution is -0.384. The molecule has 0 radical (unpaired) electrons. The molecule has 0 spiro atoms. The Morgan fingerprint density at radius 3 is 2.40 bits per heavy atom. The molecule has 2 N–H and O–H groups in total. The number of hydrogen-bond acceptors (Lipinski definition) is 9. The number of amides is 1. The topological polar surface area (TPSA) is 135 Å². The van der Waals surface area contributed by atoms with E-state index in [4.69, 9.17) is 11.6 Å². The number of thioether (sulfide) groups is 1. The molecule has 0 fully saturated rings. The first kappa shape index (κ1) is 33.9. The third-order valence-electron chi connectivity index (χ3n) is 6.84. The molecule has 1 aromatic heterocycles. The van der Waals surface area contributed by atoms with Crippen LogP contribution < -0.4 is 10.0 Å². The van der Waals surface area contributed by atoms with E-state index in [1.807, 2.05) is 49.1 Å². The maximum Gasteiger partial charge on any atom is 0.293 e. The van der Waals surface area contributed by atoms with Crippen LogP contribution in [0, 0.1) is 10.1 Å². The lowest BCUT2D eigenvalue weighted by Crippen LogP contribution is -2.30. The van der Waals surface area contributed by atoms with Gasteiger partial charge in [-0.3, -0.25) is 19.9 Å². The largest absolute Gasteiger partial charge is 0.376 e. The normalized spacial score (nSPS) is 12.1. The van der Waals surface area contributed by atoms with Crippen molar-refractivity contribution in [3.8, 4) is 11.3 Å². The molecule has 3 aromatic carbocycles. The molecule has 10 nitrogen and oxygen atoms in total. The van der Waals surface area contributed by atoms with Crippen LogP contribution in [0.15, 0.2) is 101 Å². The molecule has 1 amide bonds. The summed E-state index contributed by atoms with van der Waals surface area (Å²) in [5, 5.41) is 15.8. The summed E-state index contributed by atoms with van der Waals surface area (Å²) >= 11 is 7.53. The summed E-state index contributed by atoms with van der Waals surface area (Å²) in [6.07, 6.45) is 4.16. The van der Waals surface area contributed by atoms with Crippen molar-refractivity contribution in [2.75, 3.05) is 31.7 Å². The molecular weight excluding hydrogens is 634 g/mol. The molecule has 1 atom stereocenters. The Bertz CT molecular complexity index is 1700. The number of benzene rings is 3. The zero-order valence-corrected chi connectivity index (χ0v) is 27.2. The molecule has 0 aliphatic carbocycles. The van der Waals surface area contributed by atoms with Crippen molar-refractivity contribution in [3.63, 3.8) is 0 Å². The maximum atomic E-state index is 13.1. The van der Waals surface area contributed by atoms with E-state index in [0.717, 1.165) is 36.8 Å². The van der Waals surface area contributed by atoms with Crippen molar-refractivity contribution in [2.45, 2.75) is 35.1 Å². The van der Waals surface area contributed by atoms with Crippen LogP contribution in [0.1, 0.15) is 29.6 Å². The molecule has 236 valence electrons. The Hall–Kier alpha value is -3.97. The molecule has 1 heterocycles. The van der Waals surface area contributed by atoms with E-state index in [0.29, 0.717) is 22.0 Å². The fourth-order valence-corrected chi connectivity index (χ4v) is 6.58. The lowest BCUT2D eigenvalue weighted by atomic mass is 10.1. The van der Waals surface area contributed by atoms with E-state index in [-0.39, 0.29) is 17.3 Å². The zero-order valence-electron chi connectivity index (χ0n) is 24.9. The van der Waals surface area contributed by atoms with Crippen LogP contribution in [0.25, 0.3) is 11.3 Å². The van der Waals surface area contributed by atoms with Gasteiger partial charge in [-0.2, -0.15) is 0 Å². The van der Waals surface area contributed by atoms with E-state index < -0.39 is 31.4 Å². The monoisotopic (exact) mass is 667 g/mol. The molecule has 4 rings (SSSR count). The highest BCUT2D eigenvalue weighted by Crippen LogP contribution is 2.30. The number of nitrogens with one attached hydrogen (secondary N) is 2. The van der Waals surface area contributed by atoms with Crippen molar-refractivity contribution >= 4 is 50.7 Å². The molecule has 45 heavy (non-hydrogen) atoms. The van der Waals surface area contributed by atoms with Gasteiger partial charge in [0.05, 0.1) is 20.5 Å². The average Bonchev–Trinajstić information content (AvgIpc) is 3.02. The van der Waals surface area contributed by atoms with Gasteiger partial charge in [0.25, 0.3) is 21.6 Å². The number of carbonyl (C=O) groups is 1. The second kappa shape index (κ2) is 15.8. The number of carbonyl (C=O) groups excluding carboxylic acids is 1. The highest BCUT2D eigenvalue weighted by atomic mass is 35.5. The smallest absolute Gasteiger partial charge is 0.293 e. The van der Waals surface area contributed by atoms with Gasteiger partial charge in [0.15, 0.2) is 0 Å². The maximum absolute atomic E-state index is 13.1. The first-order chi connectivity index (χ1) is 21.5. The van der Waals surface area contributed by atoms with Crippen molar-refractivity contribution in [3.05, 3.63) is 112 Å². The van der Waals surface area contributed by atoms with Crippen LogP contribution in [0.3, 0.4) is 0 Å². The third-order valence-corrected chi connectivity index (χ3v) is 9.56. The van der Waals surface area contributed by atoms with Crippen molar-refractivity contribution in [1.82, 2.24) is 14.6 Å². The summed E-state index contributed by atoms with van der Waals surface area (Å²) in [5.74, 6) is -0.210. The summed E-state index contributed by atoms with van der Waals surface area (Å²) in [7, 11) is -0.390. The number of nitro groups is 1. The van der Waals surface area contributed by atoms with Crippen molar-refractivity contribution in [2.24, 2.45) is 0 Å². The predicted octanol–water partition coefficient (Wildman–Crippen LogP) is 6.73. The average molecular weight is 668 g/mol. The number of anilines is 1. The Labute approximate surface area is 272 Å². The van der Waals surface area contributed by atoms with E-state index in [9.17, 15) is 23.3 Å². The van der Waals surface area contributed by atoms with Crippen LogP contribution in [-0.4, -0.2) is 61.6 Å². The summed E-state index contributed by atoms with van der Waals surface area (Å²) in [6.45, 7) is 0.931. The minimum Gasteiger partial charge on any atom is -0.376 e. The summed E-state index contributed by atoms with van der Waals surface area (Å²) in [6, 6.07) is 23.0. The number of nitro benzene ring substituents is 1. The molecule has 0 unspecified atom stereocenters. The highest BCUT2D eigenvalue weighted by molar-refractivity contribution is 7.99. The number of unbranched alkanes of at least 4 members (excludes halogenated alkanes) is 1. The van der Waals surface area contributed by atoms with Crippen LogP contribution >= 0.6 is 23.4 Å². The van der Waals surface area contributed by atoms with E-state index in [2.05, 4.69) is 15.2 Å². The summed E-state index contributed by atoms with van der Waals surface area (Å²) in [5.41, 5.74) is 1.26. The van der Waals surface area contributed by atoms with Crippen LogP contribution in [-0.2, 0) is 10.0 Å². The number of halogens is 1. The van der Waals surface area contributed by atoms with Gasteiger partial charge in [0, 0.05) is 40.1 Å². The zero-order chi connectivity index (χ0) is 32.4. The number of aromatic nitrogens is 1. The predicted molar refractivity (Wildman–Crippen MR) is 179 cm³/mol. The van der Waals surface area contributed by atoms with Gasteiger partial charge in [-0.05, 0) is 82.0 Å². The minimum atomic E-state index is -4.42. The first-order valence-electron chi connectivity index (χ1n) is 14.2. The van der Waals surface area contributed by atoms with Crippen molar-refractivity contribution in [1.29, 1.82) is 0 Å². The fraction of sp³-hybridized carbons (Fsp3) is 0.250. The number of sulfonamides is 1. The Morgan fingerprint density at radius 1 is 1.02 bits per heavy atom. The number of hydrogen-bond donors (Lipinski definition) is 2. The second-order valence-corrected chi connectivity index (χ2v) is 13.8. The van der Waals surface area contributed by atoms with E-state index in [1.54, 1.807) is 36.0 Å². The van der Waals surface area contributed by atoms with Gasteiger partial charge in [0.1, 0.15) is 5.69 Å². The number of rotatable bonds is 15. The van der Waals surface area contributed by atoms with Gasteiger partial charge in [-0.25, -0.2) is 13.1 Å². The fourth-order valence-electron chi connectivity index (χ4n) is 4.48. The third kappa shape index (κ3) is 10.0. The Morgan fingerprint density at radius 2 is 1.76 bits per heavy atom. The minimum absolute atomic E-state index is 0.0945. The summed E-state index contributed by atoms with van der Waals surface area (Å²) in [4.78, 5) is 31.3. The molecule has 0 bridgehead atoms. The SMILES string of the molecule is CN(C)CCCC[C@H](CSc1ccccc1)Nc1ccc(S(=O)(=O)NC(=O)c2ccc(-c3ccc(Cl)cn3)cc2)cc1[N+](=O)[O-]. The van der Waals surface area contributed by atoms with Gasteiger partial charge in [-0.15, -0.1) is 11.8 Å². The molecule has 0 saturated heterocycles. The standard InChI is InChI=1S/C32H34ClN5O5S2/c1-37(2)19-7-6-8-26(22-44-27-9-4-3-5-10-27)35-30-18-16-28(20-31(30)38(40)41)45(42,43)36-32(39)24-13-11-23(12-14-24)29-17-15-25(33)21-34-29/h3-5,9-18,20-21,26,35H,6-8,19,22H2,1-2H3,(H,36,39)/t26-/m1/s1. The van der Waals surface area contributed by atoms with Gasteiger partial charge >= 0.3 is 0 Å². The lowest BCUT2D eigenvalue weighted by Gasteiger charge is -2.20. The Kier molecular flexibility index (Phi) is 11.9. The molecule has 0 aliphatic rings. The van der Waals surface area contributed by atoms with Gasteiger partial charge in [0.2, 0.25) is 0 Å². The Balaban J connectivity index is 1.48. The van der Waals surface area contributed by atoms with Crippen LogP contribution in [0.2, 0.25) is 5.02 Å². The molecule has 4 aromatic rings. The molecule has 13 heteroatoms. The van der Waals surface area contributed by atoms with E-state index >= 15 is 0 Å². The number of nitrogens with zero attached hydrogens (tertiary/aromatic N) is 3. The first-order valence-corrected chi connectivity index (χ1v) is 17.0. The van der Waals surface area contributed by atoms with Crippen LogP contribution in [0.4, 0.5) is 11.4 Å². The summed E-state index contributed by atoms with van der Waals surface area (Å²) < 4.78 is 28.3. The second-order valence-electron chi connectivity index (χ2n) is 10.6. The molecular formula is C32H34ClN5O5S2. The highest BCUT2D eigenvalue weighted by Gasteiger charge is 2.25. The van der Waals surface area contributed by atoms with Crippen LogP contribution in [0.5, 0.6) is 0 Å². The number of pyridine rings is 1. The van der Waals surface area contributed by atoms with Crippen molar-refractivity contribution < 1.29 is 18.1 Å². The van der Waals surface area contributed by atoms with Gasteiger partial charge in [-0.1, -0.05) is 48.4 Å².